The Morgan fingerprint density at radius 3 is 2.56 bits per heavy atom. The molecule has 2 aliphatic heterocycles. The molecule has 4 nitrogen and oxygen atoms in total. The quantitative estimate of drug-likeness (QED) is 0.660. The first-order chi connectivity index (χ1) is 12.1. The molecular formula is C18H21Cl4N3OS. The molecule has 1 aromatic carbocycles. The van der Waals surface area contributed by atoms with Gasteiger partial charge in [0.1, 0.15) is 10.7 Å². The minimum absolute atomic E-state index is 0. The molecule has 3 heterocycles. The maximum Gasteiger partial charge on any atom is 0.273 e. The number of aromatic nitrogens is 1. The summed E-state index contributed by atoms with van der Waals surface area (Å²) in [6.07, 6.45) is 3.38. The molecule has 2 aliphatic rings. The van der Waals surface area contributed by atoms with E-state index in [4.69, 9.17) is 23.2 Å². The summed E-state index contributed by atoms with van der Waals surface area (Å²) in [5, 5.41) is 7.16. The topological polar surface area (TPSA) is 45.2 Å². The third-order valence-corrected chi connectivity index (χ3v) is 6.75. The molecule has 0 radical (unpaired) electrons. The Morgan fingerprint density at radius 1 is 1.19 bits per heavy atom. The Balaban J connectivity index is 0.00000131. The minimum atomic E-state index is 0. The maximum atomic E-state index is 12.8. The van der Waals surface area contributed by atoms with Crippen LogP contribution in [0.1, 0.15) is 29.8 Å². The number of benzene rings is 1. The van der Waals surface area contributed by atoms with Crippen LogP contribution in [0.15, 0.2) is 23.6 Å². The van der Waals surface area contributed by atoms with Crippen molar-refractivity contribution >= 4 is 65.3 Å². The molecule has 0 aliphatic carbocycles. The smallest absolute Gasteiger partial charge is 0.273 e. The van der Waals surface area contributed by atoms with Crippen LogP contribution in [0.25, 0.3) is 10.6 Å². The summed E-state index contributed by atoms with van der Waals surface area (Å²) in [5.41, 5.74) is 1.72. The van der Waals surface area contributed by atoms with Crippen LogP contribution < -0.4 is 5.32 Å². The van der Waals surface area contributed by atoms with Gasteiger partial charge in [0.05, 0.1) is 5.02 Å². The first-order valence-electron chi connectivity index (χ1n) is 8.47. The predicted octanol–water partition coefficient (Wildman–Crippen LogP) is 5.18. The fourth-order valence-corrected chi connectivity index (χ4v) is 5.11. The van der Waals surface area contributed by atoms with Gasteiger partial charge in [-0.15, -0.1) is 36.2 Å². The van der Waals surface area contributed by atoms with Crippen LogP contribution in [0.3, 0.4) is 0 Å². The highest BCUT2D eigenvalue weighted by atomic mass is 35.5. The fraction of sp³-hybridized carbons (Fsp3) is 0.444. The van der Waals surface area contributed by atoms with Crippen LogP contribution in [0.4, 0.5) is 0 Å². The van der Waals surface area contributed by atoms with Crippen molar-refractivity contribution < 1.29 is 4.79 Å². The number of amides is 1. The normalized spacial score (nSPS) is 18.1. The molecule has 1 amide bonds. The highest BCUT2D eigenvalue weighted by molar-refractivity contribution is 7.13. The number of thiazole rings is 1. The van der Waals surface area contributed by atoms with Crippen molar-refractivity contribution in [1.29, 1.82) is 0 Å². The van der Waals surface area contributed by atoms with Gasteiger partial charge in [0.2, 0.25) is 0 Å². The Kier molecular flexibility index (Phi) is 7.82. The monoisotopic (exact) mass is 467 g/mol. The molecule has 27 heavy (non-hydrogen) atoms. The summed E-state index contributed by atoms with van der Waals surface area (Å²) < 4.78 is 0. The van der Waals surface area contributed by atoms with Crippen molar-refractivity contribution in [1.82, 2.24) is 15.2 Å². The molecule has 9 heteroatoms. The Morgan fingerprint density at radius 2 is 1.93 bits per heavy atom. The lowest BCUT2D eigenvalue weighted by molar-refractivity contribution is 0.0603. The van der Waals surface area contributed by atoms with E-state index >= 15 is 0 Å². The first kappa shape index (κ1) is 22.7. The van der Waals surface area contributed by atoms with Gasteiger partial charge in [-0.05, 0) is 49.4 Å². The predicted molar refractivity (Wildman–Crippen MR) is 117 cm³/mol. The van der Waals surface area contributed by atoms with Crippen molar-refractivity contribution in [2.24, 2.45) is 5.41 Å². The van der Waals surface area contributed by atoms with E-state index in [-0.39, 0.29) is 30.7 Å². The number of carbonyl (C=O) groups excluding carboxylic acids is 1. The highest BCUT2D eigenvalue weighted by Gasteiger charge is 2.38. The SMILES string of the molecule is Cl.Cl.O=C(c1csc(-c2ccc(Cl)cc2Cl)n1)N1CCC2(CCNC2)CC1. The number of carbonyl (C=O) groups is 1. The number of nitrogens with zero attached hydrogens (tertiary/aromatic N) is 2. The largest absolute Gasteiger partial charge is 0.337 e. The Bertz CT molecular complexity index is 798. The lowest BCUT2D eigenvalue weighted by Gasteiger charge is -2.38. The molecule has 1 N–H and O–H groups in total. The fourth-order valence-electron chi connectivity index (χ4n) is 3.73. The highest BCUT2D eigenvalue weighted by Crippen LogP contribution is 2.37. The van der Waals surface area contributed by atoms with E-state index in [0.29, 0.717) is 21.2 Å². The van der Waals surface area contributed by atoms with Crippen LogP contribution in [0.2, 0.25) is 10.0 Å². The molecule has 1 spiro atoms. The number of halogens is 4. The lowest BCUT2D eigenvalue weighted by atomic mass is 9.78. The second-order valence-corrected chi connectivity index (χ2v) is 8.58. The molecule has 0 unspecified atom stereocenters. The summed E-state index contributed by atoms with van der Waals surface area (Å²) >= 11 is 13.6. The average molecular weight is 469 g/mol. The van der Waals surface area contributed by atoms with E-state index in [1.807, 2.05) is 16.3 Å². The summed E-state index contributed by atoms with van der Waals surface area (Å²) in [7, 11) is 0. The van der Waals surface area contributed by atoms with Crippen LogP contribution >= 0.6 is 59.4 Å². The van der Waals surface area contributed by atoms with Gasteiger partial charge in [-0.3, -0.25) is 4.79 Å². The van der Waals surface area contributed by atoms with Crippen molar-refractivity contribution in [3.05, 3.63) is 39.3 Å². The molecule has 0 saturated carbocycles. The molecule has 148 valence electrons. The lowest BCUT2D eigenvalue weighted by Crippen LogP contribution is -2.44. The molecule has 1 aromatic heterocycles. The molecule has 2 saturated heterocycles. The van der Waals surface area contributed by atoms with E-state index in [0.717, 1.165) is 49.6 Å². The van der Waals surface area contributed by atoms with E-state index in [9.17, 15) is 4.79 Å². The van der Waals surface area contributed by atoms with Crippen LogP contribution in [0, 0.1) is 5.41 Å². The minimum Gasteiger partial charge on any atom is -0.337 e. The van der Waals surface area contributed by atoms with Crippen LogP contribution in [-0.4, -0.2) is 42.0 Å². The number of piperidine rings is 1. The van der Waals surface area contributed by atoms with Gasteiger partial charge in [-0.1, -0.05) is 23.2 Å². The van der Waals surface area contributed by atoms with Gasteiger partial charge in [0, 0.05) is 35.6 Å². The Hall–Kier alpha value is -0.560. The zero-order chi connectivity index (χ0) is 17.4. The molecule has 0 atom stereocenters. The van der Waals surface area contributed by atoms with E-state index < -0.39 is 0 Å². The number of hydrogen-bond donors (Lipinski definition) is 1. The van der Waals surface area contributed by atoms with Crippen LogP contribution in [-0.2, 0) is 0 Å². The van der Waals surface area contributed by atoms with Gasteiger partial charge in [-0.25, -0.2) is 4.98 Å². The first-order valence-corrected chi connectivity index (χ1v) is 10.1. The number of hydrogen-bond acceptors (Lipinski definition) is 4. The third-order valence-electron chi connectivity index (χ3n) is 5.33. The van der Waals surface area contributed by atoms with Gasteiger partial charge < -0.3 is 10.2 Å². The van der Waals surface area contributed by atoms with Gasteiger partial charge in [-0.2, -0.15) is 0 Å². The molecule has 2 fully saturated rings. The second-order valence-electron chi connectivity index (χ2n) is 6.88. The van der Waals surface area contributed by atoms with Crippen molar-refractivity contribution in [2.75, 3.05) is 26.2 Å². The summed E-state index contributed by atoms with van der Waals surface area (Å²) in [6, 6.07) is 5.32. The van der Waals surface area contributed by atoms with Gasteiger partial charge >= 0.3 is 0 Å². The van der Waals surface area contributed by atoms with Crippen molar-refractivity contribution in [2.45, 2.75) is 19.3 Å². The maximum absolute atomic E-state index is 12.8. The van der Waals surface area contributed by atoms with E-state index in [1.165, 1.54) is 17.8 Å². The molecular weight excluding hydrogens is 448 g/mol. The summed E-state index contributed by atoms with van der Waals surface area (Å²) in [4.78, 5) is 19.2. The average Bonchev–Trinajstić information content (AvgIpc) is 3.25. The van der Waals surface area contributed by atoms with Crippen molar-refractivity contribution in [3.8, 4) is 10.6 Å². The zero-order valence-corrected chi connectivity index (χ0v) is 18.5. The number of rotatable bonds is 2. The standard InChI is InChI=1S/C18H19Cl2N3OS.2ClH/c19-12-1-2-13(14(20)9-12)16-22-15(10-25-16)17(24)23-7-4-18(5-8-23)3-6-21-11-18;;/h1-2,9-10,21H,3-8,11H2;2*1H. The second kappa shape index (κ2) is 9.29. The Labute approximate surface area is 185 Å². The molecule has 4 rings (SSSR count). The number of nitrogens with one attached hydrogen (secondary N) is 1. The summed E-state index contributed by atoms with van der Waals surface area (Å²) in [5.74, 6) is 0.0217. The van der Waals surface area contributed by atoms with Gasteiger partial charge in [0.25, 0.3) is 5.91 Å². The zero-order valence-electron chi connectivity index (χ0n) is 14.5. The van der Waals surface area contributed by atoms with Crippen LogP contribution in [0.5, 0.6) is 0 Å². The molecule has 2 aromatic rings. The van der Waals surface area contributed by atoms with E-state index in [1.54, 1.807) is 12.1 Å². The number of likely N-dealkylation sites (tertiary alicyclic amines) is 1. The van der Waals surface area contributed by atoms with Crippen molar-refractivity contribution in [3.63, 3.8) is 0 Å². The van der Waals surface area contributed by atoms with Gasteiger partial charge in [0.15, 0.2) is 0 Å². The third kappa shape index (κ3) is 4.72. The molecule has 0 bridgehead atoms. The summed E-state index contributed by atoms with van der Waals surface area (Å²) in [6.45, 7) is 3.82. The van der Waals surface area contributed by atoms with E-state index in [2.05, 4.69) is 10.3 Å².